The van der Waals surface area contributed by atoms with Crippen LogP contribution < -0.4 is 5.32 Å². The molecule has 0 aliphatic rings. The second-order valence-corrected chi connectivity index (χ2v) is 4.67. The van der Waals surface area contributed by atoms with E-state index in [0.717, 1.165) is 5.56 Å². The van der Waals surface area contributed by atoms with Gasteiger partial charge in [0.25, 0.3) is 0 Å². The molecule has 5 nitrogen and oxygen atoms in total. The lowest BCUT2D eigenvalue weighted by Gasteiger charge is -2.14. The molecule has 106 valence electrons. The largest absolute Gasteiger partial charge is 0.459 e. The number of esters is 1. The molecule has 0 saturated carbocycles. The Morgan fingerprint density at radius 2 is 1.95 bits per heavy atom. The van der Waals surface area contributed by atoms with Gasteiger partial charge in [-0.1, -0.05) is 26.0 Å². The summed E-state index contributed by atoms with van der Waals surface area (Å²) in [6.07, 6.45) is -0.719. The maximum atomic E-state index is 11.7. The molecule has 0 saturated heterocycles. The number of benzene rings is 1. The van der Waals surface area contributed by atoms with Crippen molar-refractivity contribution in [2.24, 2.45) is 0 Å². The minimum absolute atomic E-state index is 0.0414. The zero-order chi connectivity index (χ0) is 14.3. The standard InChI is InChI=1S/C14H21NO4/c1-10(2)15-7-13(17)9-19-14(18)12-5-3-11(8-16)4-6-12/h3-6,10,13,15-17H,7-9H2,1-2H3. The number of nitrogens with one attached hydrogen (secondary N) is 1. The summed E-state index contributed by atoms with van der Waals surface area (Å²) < 4.78 is 5.00. The van der Waals surface area contributed by atoms with Crippen molar-refractivity contribution in [3.05, 3.63) is 35.4 Å². The van der Waals surface area contributed by atoms with Crippen molar-refractivity contribution in [1.82, 2.24) is 5.32 Å². The lowest BCUT2D eigenvalue weighted by molar-refractivity contribution is 0.0256. The zero-order valence-electron chi connectivity index (χ0n) is 11.3. The van der Waals surface area contributed by atoms with E-state index in [1.807, 2.05) is 13.8 Å². The Balaban J connectivity index is 2.37. The molecular weight excluding hydrogens is 246 g/mol. The molecule has 0 amide bonds. The van der Waals surface area contributed by atoms with Crippen LogP contribution in [0, 0.1) is 0 Å². The van der Waals surface area contributed by atoms with Crippen molar-refractivity contribution in [3.63, 3.8) is 0 Å². The number of carbonyl (C=O) groups is 1. The number of rotatable bonds is 7. The molecule has 1 aromatic rings. The van der Waals surface area contributed by atoms with Gasteiger partial charge in [0, 0.05) is 12.6 Å². The number of aliphatic hydroxyl groups excluding tert-OH is 2. The number of aliphatic hydroxyl groups is 2. The zero-order valence-corrected chi connectivity index (χ0v) is 11.3. The van der Waals surface area contributed by atoms with Gasteiger partial charge in [0.15, 0.2) is 0 Å². The molecule has 0 aliphatic heterocycles. The van der Waals surface area contributed by atoms with E-state index in [1.165, 1.54) is 0 Å². The molecular formula is C14H21NO4. The van der Waals surface area contributed by atoms with Gasteiger partial charge in [-0.15, -0.1) is 0 Å². The van der Waals surface area contributed by atoms with E-state index >= 15 is 0 Å². The molecule has 1 atom stereocenters. The highest BCUT2D eigenvalue weighted by Gasteiger charge is 2.11. The molecule has 1 aromatic carbocycles. The predicted molar refractivity (Wildman–Crippen MR) is 71.8 cm³/mol. The average Bonchev–Trinajstić information content (AvgIpc) is 2.42. The number of carbonyl (C=O) groups excluding carboxylic acids is 1. The normalized spacial score (nSPS) is 12.5. The van der Waals surface area contributed by atoms with E-state index in [9.17, 15) is 9.90 Å². The molecule has 5 heteroatoms. The third kappa shape index (κ3) is 5.83. The Bertz CT molecular complexity index is 389. The first-order valence-corrected chi connectivity index (χ1v) is 6.31. The van der Waals surface area contributed by atoms with Crippen LogP contribution in [0.1, 0.15) is 29.8 Å². The maximum Gasteiger partial charge on any atom is 0.338 e. The summed E-state index contributed by atoms with van der Waals surface area (Å²) in [6, 6.07) is 6.77. The average molecular weight is 267 g/mol. The van der Waals surface area contributed by atoms with Crippen LogP contribution >= 0.6 is 0 Å². The molecule has 0 heterocycles. The van der Waals surface area contributed by atoms with Crippen LogP contribution in [0.3, 0.4) is 0 Å². The molecule has 1 unspecified atom stereocenters. The van der Waals surface area contributed by atoms with Crippen molar-refractivity contribution < 1.29 is 19.7 Å². The first kappa shape index (κ1) is 15.6. The van der Waals surface area contributed by atoms with Gasteiger partial charge in [-0.3, -0.25) is 0 Å². The summed E-state index contributed by atoms with van der Waals surface area (Å²) in [7, 11) is 0. The topological polar surface area (TPSA) is 78.8 Å². The Morgan fingerprint density at radius 1 is 1.32 bits per heavy atom. The fourth-order valence-corrected chi connectivity index (χ4v) is 1.43. The van der Waals surface area contributed by atoms with E-state index < -0.39 is 12.1 Å². The van der Waals surface area contributed by atoms with Crippen molar-refractivity contribution in [1.29, 1.82) is 0 Å². The van der Waals surface area contributed by atoms with Crippen LogP contribution in [0.25, 0.3) is 0 Å². The van der Waals surface area contributed by atoms with Crippen LogP contribution in [0.15, 0.2) is 24.3 Å². The van der Waals surface area contributed by atoms with Crippen LogP contribution in [-0.4, -0.2) is 41.5 Å². The number of hydrogen-bond acceptors (Lipinski definition) is 5. The van der Waals surface area contributed by atoms with E-state index in [1.54, 1.807) is 24.3 Å². The van der Waals surface area contributed by atoms with E-state index in [0.29, 0.717) is 12.1 Å². The first-order chi connectivity index (χ1) is 9.02. The van der Waals surface area contributed by atoms with Gasteiger partial charge >= 0.3 is 5.97 Å². The quantitative estimate of drug-likeness (QED) is 0.634. The fourth-order valence-electron chi connectivity index (χ4n) is 1.43. The molecule has 0 radical (unpaired) electrons. The minimum Gasteiger partial charge on any atom is -0.459 e. The molecule has 19 heavy (non-hydrogen) atoms. The highest BCUT2D eigenvalue weighted by molar-refractivity contribution is 5.89. The van der Waals surface area contributed by atoms with Gasteiger partial charge in [0.05, 0.1) is 12.2 Å². The molecule has 0 aliphatic carbocycles. The lowest BCUT2D eigenvalue weighted by atomic mass is 10.1. The third-order valence-corrected chi connectivity index (χ3v) is 2.54. The Kier molecular flexibility index (Phi) is 6.49. The van der Waals surface area contributed by atoms with Crippen molar-refractivity contribution in [2.45, 2.75) is 32.6 Å². The highest BCUT2D eigenvalue weighted by Crippen LogP contribution is 2.06. The van der Waals surface area contributed by atoms with Gasteiger partial charge in [-0.05, 0) is 17.7 Å². The maximum absolute atomic E-state index is 11.7. The smallest absolute Gasteiger partial charge is 0.338 e. The van der Waals surface area contributed by atoms with Crippen molar-refractivity contribution in [3.8, 4) is 0 Å². The molecule has 3 N–H and O–H groups in total. The first-order valence-electron chi connectivity index (χ1n) is 6.31. The molecule has 0 fully saturated rings. The van der Waals surface area contributed by atoms with Gasteiger partial charge < -0.3 is 20.3 Å². The molecule has 0 bridgehead atoms. The van der Waals surface area contributed by atoms with Gasteiger partial charge in [-0.25, -0.2) is 4.79 Å². The number of hydrogen-bond donors (Lipinski definition) is 3. The Labute approximate surface area is 113 Å². The van der Waals surface area contributed by atoms with Crippen LogP contribution in [-0.2, 0) is 11.3 Å². The van der Waals surface area contributed by atoms with Gasteiger partial charge in [0.1, 0.15) is 12.7 Å². The van der Waals surface area contributed by atoms with Crippen molar-refractivity contribution >= 4 is 5.97 Å². The Hall–Kier alpha value is -1.43. The summed E-state index contributed by atoms with van der Waals surface area (Å²) in [5, 5.41) is 21.5. The monoisotopic (exact) mass is 267 g/mol. The molecule has 0 spiro atoms. The van der Waals surface area contributed by atoms with Crippen molar-refractivity contribution in [2.75, 3.05) is 13.2 Å². The highest BCUT2D eigenvalue weighted by atomic mass is 16.5. The SMILES string of the molecule is CC(C)NCC(O)COC(=O)c1ccc(CO)cc1. The Morgan fingerprint density at radius 3 is 2.47 bits per heavy atom. The van der Waals surface area contributed by atoms with E-state index in [2.05, 4.69) is 5.32 Å². The summed E-state index contributed by atoms with van der Waals surface area (Å²) in [5.41, 5.74) is 1.14. The van der Waals surface area contributed by atoms with Crippen LogP contribution in [0.2, 0.25) is 0 Å². The van der Waals surface area contributed by atoms with Crippen LogP contribution in [0.5, 0.6) is 0 Å². The van der Waals surface area contributed by atoms with E-state index in [4.69, 9.17) is 9.84 Å². The second-order valence-electron chi connectivity index (χ2n) is 4.67. The number of ether oxygens (including phenoxy) is 1. The lowest BCUT2D eigenvalue weighted by Crippen LogP contribution is -2.35. The third-order valence-electron chi connectivity index (χ3n) is 2.54. The summed E-state index contributed by atoms with van der Waals surface area (Å²) >= 11 is 0. The second kappa shape index (κ2) is 7.89. The van der Waals surface area contributed by atoms with E-state index in [-0.39, 0.29) is 19.3 Å². The fraction of sp³-hybridized carbons (Fsp3) is 0.500. The summed E-state index contributed by atoms with van der Waals surface area (Å²) in [4.78, 5) is 11.7. The van der Waals surface area contributed by atoms with Gasteiger partial charge in [-0.2, -0.15) is 0 Å². The molecule has 1 rings (SSSR count). The minimum atomic E-state index is -0.719. The van der Waals surface area contributed by atoms with Crippen LogP contribution in [0.4, 0.5) is 0 Å². The summed E-state index contributed by atoms with van der Waals surface area (Å²) in [5.74, 6) is -0.479. The predicted octanol–water partition coefficient (Wildman–Crippen LogP) is 0.695. The molecule has 0 aromatic heterocycles. The summed E-state index contributed by atoms with van der Waals surface area (Å²) in [6.45, 7) is 4.23. The van der Waals surface area contributed by atoms with Gasteiger partial charge in [0.2, 0.25) is 0 Å².